The maximum atomic E-state index is 10.6. The summed E-state index contributed by atoms with van der Waals surface area (Å²) in [6.07, 6.45) is 2.01. The average Bonchev–Trinajstić information content (AvgIpc) is 2.85. The fourth-order valence-electron chi connectivity index (χ4n) is 1.50. The van der Waals surface area contributed by atoms with Gasteiger partial charge in [-0.1, -0.05) is 24.3 Å². The quantitative estimate of drug-likeness (QED) is 0.612. The summed E-state index contributed by atoms with van der Waals surface area (Å²) in [6, 6.07) is 9.19. The molecule has 0 saturated carbocycles. The molecule has 0 N–H and O–H groups in total. The molecule has 0 bridgehead atoms. The molecule has 19 heavy (non-hydrogen) atoms. The molecule has 2 aromatic rings. The number of carboxylic acid groups (broad SMARTS) is 1. The molecule has 0 radical (unpaired) electrons. The highest BCUT2D eigenvalue weighted by Gasteiger charge is 2.04. The minimum absolute atomic E-state index is 0.0729. The van der Waals surface area contributed by atoms with Gasteiger partial charge in [0.1, 0.15) is 11.5 Å². The molecule has 1 aromatic heterocycles. The fourth-order valence-corrected chi connectivity index (χ4v) is 1.50. The Hall–Kier alpha value is -2.89. The molecule has 2 rings (SSSR count). The third kappa shape index (κ3) is 3.06. The van der Waals surface area contributed by atoms with Gasteiger partial charge >= 0.3 is 0 Å². The van der Waals surface area contributed by atoms with Crippen LogP contribution < -0.4 is 5.11 Å². The van der Waals surface area contributed by atoms with E-state index in [0.29, 0.717) is 17.1 Å². The molecule has 1 aromatic carbocycles. The molecule has 0 aliphatic heterocycles. The molecule has 0 unspecified atom stereocenters. The number of nitro groups is 1. The van der Waals surface area contributed by atoms with E-state index in [-0.39, 0.29) is 5.56 Å². The molecule has 0 spiro atoms. The van der Waals surface area contributed by atoms with Crippen LogP contribution >= 0.6 is 0 Å². The summed E-state index contributed by atoms with van der Waals surface area (Å²) >= 11 is 0. The second kappa shape index (κ2) is 5.18. The van der Waals surface area contributed by atoms with Crippen molar-refractivity contribution >= 4 is 12.0 Å². The maximum Gasteiger partial charge on any atom is 0.238 e. The van der Waals surface area contributed by atoms with Crippen LogP contribution in [0.2, 0.25) is 0 Å². The van der Waals surface area contributed by atoms with E-state index in [1.54, 1.807) is 24.3 Å². The van der Waals surface area contributed by atoms with Gasteiger partial charge in [-0.05, 0) is 17.7 Å². The molecular weight excluding hydrogens is 250 g/mol. The minimum atomic E-state index is -1.25. The molecule has 6 nitrogen and oxygen atoms in total. The number of hydrogen-bond donors (Lipinski definition) is 0. The molecule has 0 amide bonds. The summed E-state index contributed by atoms with van der Waals surface area (Å²) in [4.78, 5) is 20.2. The van der Waals surface area contributed by atoms with Crippen molar-refractivity contribution in [2.75, 3.05) is 0 Å². The van der Waals surface area contributed by atoms with Crippen molar-refractivity contribution in [1.82, 2.24) is 0 Å². The van der Waals surface area contributed by atoms with Gasteiger partial charge < -0.3 is 14.3 Å². The second-order valence-corrected chi connectivity index (χ2v) is 3.67. The molecule has 96 valence electrons. The SMILES string of the molecule is O=C([O-])c1ccc(-c2ccc(/C=C/[N+](=O)[O-])o2)cc1. The Morgan fingerprint density at radius 1 is 1.16 bits per heavy atom. The van der Waals surface area contributed by atoms with Crippen LogP contribution in [0, 0.1) is 10.1 Å². The number of hydrogen-bond acceptors (Lipinski definition) is 5. The lowest BCUT2D eigenvalue weighted by Gasteiger charge is -2.02. The van der Waals surface area contributed by atoms with Crippen molar-refractivity contribution in [2.24, 2.45) is 0 Å². The summed E-state index contributed by atoms with van der Waals surface area (Å²) in [6.45, 7) is 0. The van der Waals surface area contributed by atoms with E-state index in [9.17, 15) is 20.0 Å². The summed E-state index contributed by atoms with van der Waals surface area (Å²) < 4.78 is 5.37. The van der Waals surface area contributed by atoms with E-state index in [2.05, 4.69) is 0 Å². The Balaban J connectivity index is 2.23. The van der Waals surface area contributed by atoms with Gasteiger partial charge in [-0.3, -0.25) is 10.1 Å². The minimum Gasteiger partial charge on any atom is -0.545 e. The van der Waals surface area contributed by atoms with Gasteiger partial charge in [0.25, 0.3) is 0 Å². The second-order valence-electron chi connectivity index (χ2n) is 3.67. The standard InChI is InChI=1S/C13H9NO5/c15-13(16)10-3-1-9(2-4-10)12-6-5-11(19-12)7-8-14(17)18/h1-8H,(H,15,16)/p-1/b8-7+. The lowest BCUT2D eigenvalue weighted by atomic mass is 10.1. The van der Waals surface area contributed by atoms with E-state index in [1.165, 1.54) is 18.2 Å². The Morgan fingerprint density at radius 2 is 1.84 bits per heavy atom. The molecular formula is C13H8NO5-. The normalized spacial score (nSPS) is 10.7. The van der Waals surface area contributed by atoms with Crippen molar-refractivity contribution < 1.29 is 19.2 Å². The number of benzene rings is 1. The van der Waals surface area contributed by atoms with Crippen LogP contribution in [0.25, 0.3) is 17.4 Å². The highest BCUT2D eigenvalue weighted by molar-refractivity contribution is 5.86. The highest BCUT2D eigenvalue weighted by Crippen LogP contribution is 2.23. The molecule has 0 aliphatic rings. The summed E-state index contributed by atoms with van der Waals surface area (Å²) in [5.41, 5.74) is 0.745. The van der Waals surface area contributed by atoms with Crippen molar-refractivity contribution in [3.05, 3.63) is 64.0 Å². The average molecular weight is 258 g/mol. The Labute approximate surface area is 107 Å². The van der Waals surface area contributed by atoms with Crippen LogP contribution in [0.4, 0.5) is 0 Å². The molecule has 0 fully saturated rings. The lowest BCUT2D eigenvalue weighted by Crippen LogP contribution is -2.21. The summed E-state index contributed by atoms with van der Waals surface area (Å²) in [5.74, 6) is -0.413. The van der Waals surface area contributed by atoms with Gasteiger partial charge in [-0.25, -0.2) is 0 Å². The van der Waals surface area contributed by atoms with E-state index in [1.807, 2.05) is 0 Å². The van der Waals surface area contributed by atoms with Crippen molar-refractivity contribution in [3.63, 3.8) is 0 Å². The lowest BCUT2D eigenvalue weighted by molar-refractivity contribution is -0.401. The van der Waals surface area contributed by atoms with E-state index >= 15 is 0 Å². The van der Waals surface area contributed by atoms with Gasteiger partial charge in [-0.2, -0.15) is 0 Å². The van der Waals surface area contributed by atoms with Crippen LogP contribution in [0.1, 0.15) is 16.1 Å². The van der Waals surface area contributed by atoms with Gasteiger partial charge in [0.05, 0.1) is 17.0 Å². The first-order chi connectivity index (χ1) is 9.06. The van der Waals surface area contributed by atoms with Gasteiger partial charge in [0.2, 0.25) is 6.20 Å². The number of carbonyl (C=O) groups is 1. The van der Waals surface area contributed by atoms with Gasteiger partial charge in [0.15, 0.2) is 0 Å². The van der Waals surface area contributed by atoms with Crippen LogP contribution in [0.3, 0.4) is 0 Å². The largest absolute Gasteiger partial charge is 0.545 e. The zero-order chi connectivity index (χ0) is 13.8. The zero-order valence-corrected chi connectivity index (χ0v) is 9.61. The first-order valence-electron chi connectivity index (χ1n) is 5.29. The third-order valence-electron chi connectivity index (χ3n) is 2.39. The molecule has 1 heterocycles. The van der Waals surface area contributed by atoms with Crippen molar-refractivity contribution in [3.8, 4) is 11.3 Å². The Kier molecular flexibility index (Phi) is 3.42. The van der Waals surface area contributed by atoms with Crippen LogP contribution in [-0.4, -0.2) is 10.9 Å². The van der Waals surface area contributed by atoms with Gasteiger partial charge in [0, 0.05) is 5.56 Å². The van der Waals surface area contributed by atoms with Crippen LogP contribution in [-0.2, 0) is 0 Å². The monoisotopic (exact) mass is 258 g/mol. The first-order valence-corrected chi connectivity index (χ1v) is 5.29. The number of furan rings is 1. The predicted molar refractivity (Wildman–Crippen MR) is 64.5 cm³/mol. The molecule has 0 saturated heterocycles. The van der Waals surface area contributed by atoms with E-state index in [4.69, 9.17) is 4.42 Å². The maximum absolute atomic E-state index is 10.6. The molecule has 0 aliphatic carbocycles. The van der Waals surface area contributed by atoms with Crippen LogP contribution in [0.15, 0.2) is 47.0 Å². The number of carboxylic acids is 1. The Morgan fingerprint density at radius 3 is 2.42 bits per heavy atom. The highest BCUT2D eigenvalue weighted by atomic mass is 16.6. The molecule has 6 heteroatoms. The van der Waals surface area contributed by atoms with E-state index < -0.39 is 10.9 Å². The third-order valence-corrected chi connectivity index (χ3v) is 2.39. The van der Waals surface area contributed by atoms with Crippen molar-refractivity contribution in [2.45, 2.75) is 0 Å². The van der Waals surface area contributed by atoms with Crippen molar-refractivity contribution in [1.29, 1.82) is 0 Å². The zero-order valence-electron chi connectivity index (χ0n) is 9.61. The fraction of sp³-hybridized carbons (Fsp3) is 0. The van der Waals surface area contributed by atoms with Crippen LogP contribution in [0.5, 0.6) is 0 Å². The number of aromatic carboxylic acids is 1. The smallest absolute Gasteiger partial charge is 0.238 e. The van der Waals surface area contributed by atoms with Gasteiger partial charge in [-0.15, -0.1) is 0 Å². The molecule has 0 atom stereocenters. The number of rotatable bonds is 4. The summed E-state index contributed by atoms with van der Waals surface area (Å²) in [5, 5.41) is 20.8. The number of carbonyl (C=O) groups excluding carboxylic acids is 1. The predicted octanol–water partition coefficient (Wildman–Crippen LogP) is 1.56. The Bertz CT molecular complexity index is 639. The number of nitrogens with zero attached hydrogens (tertiary/aromatic N) is 1. The topological polar surface area (TPSA) is 96.4 Å². The first kappa shape index (κ1) is 12.6. The summed E-state index contributed by atoms with van der Waals surface area (Å²) in [7, 11) is 0. The van der Waals surface area contributed by atoms with E-state index in [0.717, 1.165) is 6.20 Å².